The molecule has 0 radical (unpaired) electrons. The maximum atomic E-state index is 5.35. The van der Waals surface area contributed by atoms with E-state index in [0.29, 0.717) is 12.4 Å². The molecule has 3 rings (SSSR count). The normalized spacial score (nSPS) is 15.1. The zero-order chi connectivity index (χ0) is 17.6. The summed E-state index contributed by atoms with van der Waals surface area (Å²) in [4.78, 5) is 4.57. The summed E-state index contributed by atoms with van der Waals surface area (Å²) in [6, 6.07) is 9.99. The van der Waals surface area contributed by atoms with Crippen molar-refractivity contribution in [2.75, 3.05) is 57.7 Å². The molecule has 7 heteroatoms. The predicted octanol–water partition coefficient (Wildman–Crippen LogP) is 1.86. The highest BCUT2D eigenvalue weighted by Gasteiger charge is 2.17. The lowest BCUT2D eigenvalue weighted by Crippen LogP contribution is -2.44. The molecule has 0 unspecified atom stereocenters. The van der Waals surface area contributed by atoms with Crippen molar-refractivity contribution in [3.8, 4) is 11.6 Å². The van der Waals surface area contributed by atoms with E-state index in [1.807, 2.05) is 30.3 Å². The number of methoxy groups -OCH3 is 2. The lowest BCUT2D eigenvalue weighted by molar-refractivity contribution is 0.311. The van der Waals surface area contributed by atoms with E-state index in [-0.39, 0.29) is 0 Å². The van der Waals surface area contributed by atoms with Crippen molar-refractivity contribution in [2.24, 2.45) is 0 Å². The first-order valence-electron chi connectivity index (χ1n) is 8.41. The molecule has 2 heterocycles. The smallest absolute Gasteiger partial charge is 0.256 e. The van der Waals surface area contributed by atoms with Crippen LogP contribution in [0.15, 0.2) is 30.3 Å². The third-order valence-corrected chi connectivity index (χ3v) is 4.41. The summed E-state index contributed by atoms with van der Waals surface area (Å²) >= 11 is 0. The van der Waals surface area contributed by atoms with E-state index in [0.717, 1.165) is 49.0 Å². The molecule has 1 aromatic carbocycles. The Balaban J connectivity index is 1.71. The molecule has 0 bridgehead atoms. The summed E-state index contributed by atoms with van der Waals surface area (Å²) in [5.41, 5.74) is 2.00. The van der Waals surface area contributed by atoms with Crippen molar-refractivity contribution in [1.82, 2.24) is 15.1 Å². The van der Waals surface area contributed by atoms with Crippen LogP contribution in [0.2, 0.25) is 0 Å². The van der Waals surface area contributed by atoms with Crippen LogP contribution >= 0.6 is 0 Å². The second kappa shape index (κ2) is 8.02. The number of ether oxygens (including phenoxy) is 2. The number of nitrogens with zero attached hydrogens (tertiary/aromatic N) is 4. The molecule has 1 aliphatic heterocycles. The van der Waals surface area contributed by atoms with Crippen molar-refractivity contribution < 1.29 is 9.47 Å². The second-order valence-corrected chi connectivity index (χ2v) is 6.12. The van der Waals surface area contributed by atoms with Crippen molar-refractivity contribution in [1.29, 1.82) is 0 Å². The van der Waals surface area contributed by atoms with Gasteiger partial charge in [0.1, 0.15) is 11.4 Å². The van der Waals surface area contributed by atoms with E-state index >= 15 is 0 Å². The number of aromatic nitrogens is 2. The molecule has 0 aliphatic carbocycles. The summed E-state index contributed by atoms with van der Waals surface area (Å²) in [5, 5.41) is 11.9. The summed E-state index contributed by atoms with van der Waals surface area (Å²) in [5.74, 6) is 2.24. The van der Waals surface area contributed by atoms with Crippen LogP contribution in [-0.2, 0) is 6.54 Å². The van der Waals surface area contributed by atoms with E-state index in [4.69, 9.17) is 9.47 Å². The first-order chi connectivity index (χ1) is 12.2. The SMILES string of the molecule is COc1ccc(CNc2cc(N3CCN(C)CC3)nnc2OC)cc1. The van der Waals surface area contributed by atoms with Crippen molar-refractivity contribution in [3.63, 3.8) is 0 Å². The largest absolute Gasteiger partial charge is 0.497 e. The number of hydrogen-bond acceptors (Lipinski definition) is 7. The lowest BCUT2D eigenvalue weighted by Gasteiger charge is -2.33. The maximum Gasteiger partial charge on any atom is 0.256 e. The molecule has 2 aromatic rings. The number of likely N-dealkylation sites (N-methyl/N-ethyl adjacent to an activating group) is 1. The number of hydrogen-bond donors (Lipinski definition) is 1. The fourth-order valence-electron chi connectivity index (χ4n) is 2.78. The number of benzene rings is 1. The van der Waals surface area contributed by atoms with Gasteiger partial charge in [-0.05, 0) is 24.7 Å². The van der Waals surface area contributed by atoms with Gasteiger partial charge in [0, 0.05) is 38.8 Å². The third-order valence-electron chi connectivity index (χ3n) is 4.41. The van der Waals surface area contributed by atoms with Crippen molar-refractivity contribution in [3.05, 3.63) is 35.9 Å². The molecule has 0 saturated carbocycles. The maximum absolute atomic E-state index is 5.35. The topological polar surface area (TPSA) is 62.8 Å². The molecular weight excluding hydrogens is 318 g/mol. The van der Waals surface area contributed by atoms with Gasteiger partial charge >= 0.3 is 0 Å². The van der Waals surface area contributed by atoms with Crippen LogP contribution in [0.25, 0.3) is 0 Å². The standard InChI is InChI=1S/C18H25N5O2/c1-22-8-10-23(11-9-22)17-12-16(18(25-3)21-20-17)19-13-14-4-6-15(24-2)7-5-14/h4-7,12H,8-11,13H2,1-3H3,(H,19,20). The van der Waals surface area contributed by atoms with E-state index in [1.165, 1.54) is 0 Å². The molecular formula is C18H25N5O2. The Kier molecular flexibility index (Phi) is 5.55. The van der Waals surface area contributed by atoms with Crippen molar-refractivity contribution >= 4 is 11.5 Å². The Labute approximate surface area is 148 Å². The number of nitrogens with one attached hydrogen (secondary N) is 1. The molecule has 1 fully saturated rings. The fraction of sp³-hybridized carbons (Fsp3) is 0.444. The quantitative estimate of drug-likeness (QED) is 0.859. The van der Waals surface area contributed by atoms with Gasteiger partial charge in [-0.2, -0.15) is 0 Å². The van der Waals surface area contributed by atoms with Crippen LogP contribution in [0.1, 0.15) is 5.56 Å². The van der Waals surface area contributed by atoms with Crippen LogP contribution in [0, 0.1) is 0 Å². The first kappa shape index (κ1) is 17.3. The van der Waals surface area contributed by atoms with Gasteiger partial charge in [0.2, 0.25) is 0 Å². The minimum atomic E-state index is 0.506. The molecule has 0 spiro atoms. The van der Waals surface area contributed by atoms with Gasteiger partial charge in [-0.1, -0.05) is 12.1 Å². The van der Waals surface area contributed by atoms with Gasteiger partial charge < -0.3 is 24.6 Å². The fourth-order valence-corrected chi connectivity index (χ4v) is 2.78. The predicted molar refractivity (Wildman–Crippen MR) is 98.6 cm³/mol. The highest BCUT2D eigenvalue weighted by atomic mass is 16.5. The molecule has 1 aliphatic rings. The molecule has 25 heavy (non-hydrogen) atoms. The lowest BCUT2D eigenvalue weighted by atomic mass is 10.2. The van der Waals surface area contributed by atoms with Crippen LogP contribution < -0.4 is 19.7 Å². The molecule has 0 amide bonds. The summed E-state index contributed by atoms with van der Waals surface area (Å²) < 4.78 is 10.5. The van der Waals surface area contributed by atoms with Gasteiger partial charge in [0.25, 0.3) is 5.88 Å². The third kappa shape index (κ3) is 4.30. The number of piperazine rings is 1. The Bertz CT molecular complexity index is 684. The minimum Gasteiger partial charge on any atom is -0.497 e. The average Bonchev–Trinajstić information content (AvgIpc) is 2.67. The van der Waals surface area contributed by atoms with Gasteiger partial charge in [0.05, 0.1) is 14.2 Å². The van der Waals surface area contributed by atoms with E-state index < -0.39 is 0 Å². The monoisotopic (exact) mass is 343 g/mol. The van der Waals surface area contributed by atoms with Crippen LogP contribution in [0.3, 0.4) is 0 Å². The van der Waals surface area contributed by atoms with Crippen LogP contribution in [-0.4, -0.2) is 62.5 Å². The molecule has 1 saturated heterocycles. The van der Waals surface area contributed by atoms with Gasteiger partial charge in [-0.15, -0.1) is 10.2 Å². The van der Waals surface area contributed by atoms with Gasteiger partial charge in [-0.25, -0.2) is 0 Å². The number of rotatable bonds is 6. The molecule has 1 N–H and O–H groups in total. The average molecular weight is 343 g/mol. The summed E-state index contributed by atoms with van der Waals surface area (Å²) in [7, 11) is 5.41. The Morgan fingerprint density at radius 2 is 1.72 bits per heavy atom. The highest BCUT2D eigenvalue weighted by Crippen LogP contribution is 2.26. The van der Waals surface area contributed by atoms with Gasteiger partial charge in [0.15, 0.2) is 5.82 Å². The highest BCUT2D eigenvalue weighted by molar-refractivity contribution is 5.59. The first-order valence-corrected chi connectivity index (χ1v) is 8.41. The van der Waals surface area contributed by atoms with Crippen LogP contribution in [0.5, 0.6) is 11.6 Å². The summed E-state index contributed by atoms with van der Waals surface area (Å²) in [6.07, 6.45) is 0. The van der Waals surface area contributed by atoms with E-state index in [9.17, 15) is 0 Å². The zero-order valence-electron chi connectivity index (χ0n) is 15.0. The minimum absolute atomic E-state index is 0.506. The second-order valence-electron chi connectivity index (χ2n) is 6.12. The molecule has 0 atom stereocenters. The Morgan fingerprint density at radius 3 is 2.36 bits per heavy atom. The zero-order valence-corrected chi connectivity index (χ0v) is 15.0. The molecule has 7 nitrogen and oxygen atoms in total. The summed E-state index contributed by atoms with van der Waals surface area (Å²) in [6.45, 7) is 4.64. The van der Waals surface area contributed by atoms with Gasteiger partial charge in [-0.3, -0.25) is 0 Å². The van der Waals surface area contributed by atoms with Crippen LogP contribution in [0.4, 0.5) is 11.5 Å². The van der Waals surface area contributed by atoms with E-state index in [2.05, 4.69) is 32.4 Å². The Morgan fingerprint density at radius 1 is 1.00 bits per heavy atom. The van der Waals surface area contributed by atoms with E-state index in [1.54, 1.807) is 14.2 Å². The van der Waals surface area contributed by atoms with Crippen molar-refractivity contribution in [2.45, 2.75) is 6.54 Å². The molecule has 1 aromatic heterocycles. The molecule has 134 valence electrons. The Hall–Kier alpha value is -2.54. The number of anilines is 2.